The van der Waals surface area contributed by atoms with E-state index in [1.54, 1.807) is 23.5 Å². The van der Waals surface area contributed by atoms with Crippen molar-refractivity contribution in [3.8, 4) is 9.88 Å². The first kappa shape index (κ1) is 13.7. The predicted octanol–water partition coefficient (Wildman–Crippen LogP) is 4.05. The van der Waals surface area contributed by atoms with Crippen molar-refractivity contribution >= 4 is 39.5 Å². The van der Waals surface area contributed by atoms with Gasteiger partial charge in [0.1, 0.15) is 5.82 Å². The van der Waals surface area contributed by atoms with Crippen LogP contribution in [0.2, 0.25) is 0 Å². The predicted molar refractivity (Wildman–Crippen MR) is 82.3 cm³/mol. The SMILES string of the molecule is O=C(Nc1nnc(-c2cccs2)s1)Nc1ccccc1F. The fourth-order valence-electron chi connectivity index (χ4n) is 1.59. The third-order valence-electron chi connectivity index (χ3n) is 2.50. The second kappa shape index (κ2) is 5.98. The molecular formula is C13H9FN4OS2. The van der Waals surface area contributed by atoms with E-state index in [2.05, 4.69) is 20.8 Å². The van der Waals surface area contributed by atoms with Crippen molar-refractivity contribution < 1.29 is 9.18 Å². The van der Waals surface area contributed by atoms with Crippen molar-refractivity contribution in [3.63, 3.8) is 0 Å². The Morgan fingerprint density at radius 3 is 2.71 bits per heavy atom. The number of urea groups is 1. The number of nitrogens with one attached hydrogen (secondary N) is 2. The average Bonchev–Trinajstić information content (AvgIpc) is 3.12. The van der Waals surface area contributed by atoms with E-state index in [1.165, 1.54) is 23.5 Å². The van der Waals surface area contributed by atoms with Crippen LogP contribution >= 0.6 is 22.7 Å². The van der Waals surface area contributed by atoms with Gasteiger partial charge < -0.3 is 5.32 Å². The van der Waals surface area contributed by atoms with E-state index in [0.29, 0.717) is 5.13 Å². The zero-order valence-corrected chi connectivity index (χ0v) is 12.2. The van der Waals surface area contributed by atoms with Crippen molar-refractivity contribution in [1.82, 2.24) is 10.2 Å². The van der Waals surface area contributed by atoms with E-state index in [0.717, 1.165) is 9.88 Å². The third-order valence-corrected chi connectivity index (χ3v) is 4.38. The molecule has 0 bridgehead atoms. The van der Waals surface area contributed by atoms with Gasteiger partial charge in [0.15, 0.2) is 5.01 Å². The second-order valence-electron chi connectivity index (χ2n) is 3.95. The molecule has 8 heteroatoms. The van der Waals surface area contributed by atoms with Gasteiger partial charge in [-0.2, -0.15) is 0 Å². The summed E-state index contributed by atoms with van der Waals surface area (Å²) >= 11 is 2.80. The number of carbonyl (C=O) groups is 1. The number of rotatable bonds is 3. The third kappa shape index (κ3) is 3.23. The molecule has 0 fully saturated rings. The highest BCUT2D eigenvalue weighted by Gasteiger charge is 2.11. The molecule has 1 aromatic carbocycles. The van der Waals surface area contributed by atoms with Gasteiger partial charge in [0.2, 0.25) is 5.13 Å². The van der Waals surface area contributed by atoms with Gasteiger partial charge in [-0.05, 0) is 23.6 Å². The van der Waals surface area contributed by atoms with E-state index in [1.807, 2.05) is 17.5 Å². The average molecular weight is 320 g/mol. The van der Waals surface area contributed by atoms with Gasteiger partial charge in [-0.25, -0.2) is 9.18 Å². The van der Waals surface area contributed by atoms with Crippen molar-refractivity contribution in [3.05, 3.63) is 47.6 Å². The molecule has 2 N–H and O–H groups in total. The monoisotopic (exact) mass is 320 g/mol. The Morgan fingerprint density at radius 2 is 1.95 bits per heavy atom. The lowest BCUT2D eigenvalue weighted by Crippen LogP contribution is -2.19. The Hall–Kier alpha value is -2.32. The summed E-state index contributed by atoms with van der Waals surface area (Å²) in [4.78, 5) is 12.8. The number of benzene rings is 1. The number of hydrogen-bond donors (Lipinski definition) is 2. The molecule has 0 unspecified atom stereocenters. The second-order valence-corrected chi connectivity index (χ2v) is 5.87. The molecule has 0 atom stereocenters. The van der Waals surface area contributed by atoms with Crippen LogP contribution in [0.3, 0.4) is 0 Å². The Morgan fingerprint density at radius 1 is 1.10 bits per heavy atom. The summed E-state index contributed by atoms with van der Waals surface area (Å²) in [6.45, 7) is 0. The van der Waals surface area contributed by atoms with E-state index in [-0.39, 0.29) is 5.69 Å². The van der Waals surface area contributed by atoms with Gasteiger partial charge in [0.25, 0.3) is 0 Å². The molecule has 0 saturated carbocycles. The first-order chi connectivity index (χ1) is 10.2. The molecule has 3 rings (SSSR count). The molecular weight excluding hydrogens is 311 g/mol. The van der Waals surface area contributed by atoms with Crippen LogP contribution in [0.15, 0.2) is 41.8 Å². The fourth-order valence-corrected chi connectivity index (χ4v) is 3.12. The van der Waals surface area contributed by atoms with Crippen LogP contribution in [0, 0.1) is 5.82 Å². The first-order valence-electron chi connectivity index (χ1n) is 5.92. The number of carbonyl (C=O) groups excluding carboxylic acids is 1. The summed E-state index contributed by atoms with van der Waals surface area (Å²) in [7, 11) is 0. The van der Waals surface area contributed by atoms with Gasteiger partial charge in [-0.1, -0.05) is 29.5 Å². The van der Waals surface area contributed by atoms with Crippen molar-refractivity contribution in [2.45, 2.75) is 0 Å². The van der Waals surface area contributed by atoms with Crippen molar-refractivity contribution in [2.24, 2.45) is 0 Å². The largest absolute Gasteiger partial charge is 0.325 e. The summed E-state index contributed by atoms with van der Waals surface area (Å²) in [5.41, 5.74) is 0.109. The number of thiophene rings is 1. The van der Waals surface area contributed by atoms with Crippen LogP contribution in [0.1, 0.15) is 0 Å². The molecule has 106 valence electrons. The molecule has 21 heavy (non-hydrogen) atoms. The van der Waals surface area contributed by atoms with E-state index < -0.39 is 11.8 Å². The van der Waals surface area contributed by atoms with Crippen LogP contribution in [-0.2, 0) is 0 Å². The van der Waals surface area contributed by atoms with Gasteiger partial charge in [0, 0.05) is 0 Å². The number of anilines is 2. The van der Waals surface area contributed by atoms with Crippen LogP contribution in [0.5, 0.6) is 0 Å². The molecule has 0 aliphatic carbocycles. The maximum Gasteiger partial charge on any atom is 0.325 e. The lowest BCUT2D eigenvalue weighted by atomic mass is 10.3. The van der Waals surface area contributed by atoms with Crippen LogP contribution < -0.4 is 10.6 Å². The molecule has 2 amide bonds. The maximum absolute atomic E-state index is 13.4. The number of amides is 2. The van der Waals surface area contributed by atoms with Gasteiger partial charge in [-0.3, -0.25) is 5.32 Å². The normalized spacial score (nSPS) is 10.3. The molecule has 5 nitrogen and oxygen atoms in total. The fraction of sp³-hybridized carbons (Fsp3) is 0. The van der Waals surface area contributed by atoms with Crippen molar-refractivity contribution in [1.29, 1.82) is 0 Å². The Kier molecular flexibility index (Phi) is 3.89. The standard InChI is InChI=1S/C13H9FN4OS2/c14-8-4-1-2-5-9(8)15-12(19)16-13-18-17-11(21-13)10-6-3-7-20-10/h1-7H,(H2,15,16,18,19). The zero-order chi connectivity index (χ0) is 14.7. The van der Waals surface area contributed by atoms with Crippen LogP contribution in [-0.4, -0.2) is 16.2 Å². The Bertz CT molecular complexity index is 757. The Balaban J connectivity index is 1.67. The summed E-state index contributed by atoms with van der Waals surface area (Å²) in [6, 6.07) is 9.22. The van der Waals surface area contributed by atoms with E-state index in [4.69, 9.17) is 0 Å². The quantitative estimate of drug-likeness (QED) is 0.765. The highest BCUT2D eigenvalue weighted by molar-refractivity contribution is 7.23. The van der Waals surface area contributed by atoms with Crippen molar-refractivity contribution in [2.75, 3.05) is 10.6 Å². The molecule has 2 heterocycles. The zero-order valence-electron chi connectivity index (χ0n) is 10.5. The molecule has 0 radical (unpaired) electrons. The number of para-hydroxylation sites is 1. The van der Waals surface area contributed by atoms with Crippen LogP contribution in [0.4, 0.5) is 20.0 Å². The van der Waals surface area contributed by atoms with E-state index >= 15 is 0 Å². The summed E-state index contributed by atoms with van der Waals surface area (Å²) in [5.74, 6) is -0.496. The molecule has 0 spiro atoms. The summed E-state index contributed by atoms with van der Waals surface area (Å²) in [5, 5.41) is 15.9. The van der Waals surface area contributed by atoms with E-state index in [9.17, 15) is 9.18 Å². The molecule has 3 aromatic rings. The Labute approximate surface area is 127 Å². The lowest BCUT2D eigenvalue weighted by Gasteiger charge is -2.05. The smallest absolute Gasteiger partial charge is 0.305 e. The highest BCUT2D eigenvalue weighted by Crippen LogP contribution is 2.29. The highest BCUT2D eigenvalue weighted by atomic mass is 32.1. The molecule has 0 aliphatic heterocycles. The molecule has 0 aliphatic rings. The lowest BCUT2D eigenvalue weighted by molar-refractivity contribution is 0.262. The number of hydrogen-bond acceptors (Lipinski definition) is 5. The molecule has 0 saturated heterocycles. The minimum atomic E-state index is -0.561. The topological polar surface area (TPSA) is 66.9 Å². The number of aromatic nitrogens is 2. The number of halogens is 1. The van der Waals surface area contributed by atoms with Gasteiger partial charge in [0.05, 0.1) is 10.6 Å². The maximum atomic E-state index is 13.4. The number of nitrogens with zero attached hydrogens (tertiary/aromatic N) is 2. The summed E-state index contributed by atoms with van der Waals surface area (Å²) < 4.78 is 13.4. The van der Waals surface area contributed by atoms with Gasteiger partial charge >= 0.3 is 6.03 Å². The molecule has 2 aromatic heterocycles. The van der Waals surface area contributed by atoms with Crippen LogP contribution in [0.25, 0.3) is 9.88 Å². The van der Waals surface area contributed by atoms with Gasteiger partial charge in [-0.15, -0.1) is 21.5 Å². The summed E-state index contributed by atoms with van der Waals surface area (Å²) in [6.07, 6.45) is 0. The minimum absolute atomic E-state index is 0.109. The first-order valence-corrected chi connectivity index (χ1v) is 7.62. The minimum Gasteiger partial charge on any atom is -0.305 e.